The van der Waals surface area contributed by atoms with Crippen LogP contribution in [0.15, 0.2) is 24.3 Å². The highest BCUT2D eigenvalue weighted by Gasteiger charge is 2.31. The highest BCUT2D eigenvalue weighted by atomic mass is 16.5. The zero-order valence-corrected chi connectivity index (χ0v) is 13.3. The van der Waals surface area contributed by atoms with Crippen molar-refractivity contribution in [3.8, 4) is 0 Å². The highest BCUT2D eigenvalue weighted by molar-refractivity contribution is 5.54. The molecule has 1 heterocycles. The van der Waals surface area contributed by atoms with Crippen LogP contribution in [0.3, 0.4) is 0 Å². The van der Waals surface area contributed by atoms with Crippen molar-refractivity contribution in [3.05, 3.63) is 29.8 Å². The van der Waals surface area contributed by atoms with Gasteiger partial charge in [0.25, 0.3) is 0 Å². The first-order chi connectivity index (χ1) is 9.54. The Morgan fingerprint density at radius 3 is 2.80 bits per heavy atom. The first-order valence-electron chi connectivity index (χ1n) is 7.65. The fourth-order valence-corrected chi connectivity index (χ4v) is 2.86. The second-order valence-electron chi connectivity index (χ2n) is 6.34. The second-order valence-corrected chi connectivity index (χ2v) is 6.34. The molecule has 112 valence electrons. The monoisotopic (exact) mass is 276 g/mol. The number of piperidine rings is 1. The molecule has 2 rings (SSSR count). The summed E-state index contributed by atoms with van der Waals surface area (Å²) in [6, 6.07) is 9.23. The van der Waals surface area contributed by atoms with Crippen LogP contribution in [-0.4, -0.2) is 31.8 Å². The summed E-state index contributed by atoms with van der Waals surface area (Å²) in [4.78, 5) is 2.48. The van der Waals surface area contributed by atoms with Gasteiger partial charge in [-0.3, -0.25) is 0 Å². The van der Waals surface area contributed by atoms with Crippen LogP contribution in [0, 0.1) is 0 Å². The minimum Gasteiger partial charge on any atom is -0.377 e. The van der Waals surface area contributed by atoms with E-state index in [4.69, 9.17) is 4.74 Å². The number of hydrogen-bond acceptors (Lipinski definition) is 3. The summed E-state index contributed by atoms with van der Waals surface area (Å²) in [6.45, 7) is 9.61. The molecule has 0 spiro atoms. The molecule has 1 unspecified atom stereocenters. The number of ether oxygens (including phenoxy) is 1. The van der Waals surface area contributed by atoms with E-state index >= 15 is 0 Å². The second kappa shape index (κ2) is 6.59. The van der Waals surface area contributed by atoms with Gasteiger partial charge >= 0.3 is 0 Å². The molecule has 0 radical (unpaired) electrons. The number of benzene rings is 1. The van der Waals surface area contributed by atoms with E-state index in [1.165, 1.54) is 17.7 Å². The highest BCUT2D eigenvalue weighted by Crippen LogP contribution is 2.30. The number of methoxy groups -OCH3 is 1. The molecule has 1 N–H and O–H groups in total. The Morgan fingerprint density at radius 1 is 1.35 bits per heavy atom. The third-order valence-electron chi connectivity index (χ3n) is 4.18. The molecular formula is C17H28N2O. The van der Waals surface area contributed by atoms with Crippen molar-refractivity contribution in [2.75, 3.05) is 25.1 Å². The first-order valence-corrected chi connectivity index (χ1v) is 7.65. The Hall–Kier alpha value is -1.06. The molecule has 1 aliphatic rings. The number of para-hydroxylation sites is 1. The number of nitrogens with one attached hydrogen (secondary N) is 1. The molecule has 0 aliphatic carbocycles. The average Bonchev–Trinajstić information content (AvgIpc) is 2.45. The topological polar surface area (TPSA) is 24.5 Å². The Balaban J connectivity index is 2.15. The van der Waals surface area contributed by atoms with Gasteiger partial charge < -0.3 is 15.0 Å². The molecule has 1 atom stereocenters. The lowest BCUT2D eigenvalue weighted by molar-refractivity contribution is -0.00468. The van der Waals surface area contributed by atoms with Crippen LogP contribution < -0.4 is 10.2 Å². The Kier molecular flexibility index (Phi) is 5.06. The summed E-state index contributed by atoms with van der Waals surface area (Å²) >= 11 is 0. The van der Waals surface area contributed by atoms with Crippen LogP contribution in [-0.2, 0) is 11.3 Å². The quantitative estimate of drug-likeness (QED) is 0.894. The van der Waals surface area contributed by atoms with E-state index < -0.39 is 0 Å². The third kappa shape index (κ3) is 3.74. The predicted octanol–water partition coefficient (Wildman–Crippen LogP) is 3.19. The van der Waals surface area contributed by atoms with Crippen LogP contribution in [0.1, 0.15) is 39.2 Å². The van der Waals surface area contributed by atoms with E-state index in [0.29, 0.717) is 6.04 Å². The van der Waals surface area contributed by atoms with Gasteiger partial charge in [-0.15, -0.1) is 0 Å². The maximum absolute atomic E-state index is 5.71. The van der Waals surface area contributed by atoms with Gasteiger partial charge in [-0.2, -0.15) is 0 Å². The Labute approximate surface area is 123 Å². The largest absolute Gasteiger partial charge is 0.377 e. The molecule has 1 aromatic carbocycles. The van der Waals surface area contributed by atoms with Crippen LogP contribution in [0.4, 0.5) is 5.69 Å². The van der Waals surface area contributed by atoms with Crippen molar-refractivity contribution < 1.29 is 4.74 Å². The van der Waals surface area contributed by atoms with Crippen LogP contribution in [0.25, 0.3) is 0 Å². The maximum Gasteiger partial charge on any atom is 0.0825 e. The first kappa shape index (κ1) is 15.3. The summed E-state index contributed by atoms with van der Waals surface area (Å²) in [7, 11) is 1.83. The minimum absolute atomic E-state index is 0.0170. The number of hydrogen-bond donors (Lipinski definition) is 1. The zero-order chi connectivity index (χ0) is 14.6. The summed E-state index contributed by atoms with van der Waals surface area (Å²) in [5.41, 5.74) is 2.71. The molecule has 1 saturated heterocycles. The van der Waals surface area contributed by atoms with E-state index in [9.17, 15) is 0 Å². The van der Waals surface area contributed by atoms with E-state index in [1.807, 2.05) is 7.11 Å². The molecule has 0 amide bonds. The molecule has 1 fully saturated rings. The number of rotatable bonds is 5. The molecule has 1 aliphatic heterocycles. The van der Waals surface area contributed by atoms with E-state index in [2.05, 4.69) is 55.3 Å². The van der Waals surface area contributed by atoms with Crippen molar-refractivity contribution >= 4 is 5.69 Å². The SMILES string of the molecule is COC1(C)CCCN(c2ccccc2CNC(C)C)C1. The molecule has 20 heavy (non-hydrogen) atoms. The maximum atomic E-state index is 5.71. The zero-order valence-electron chi connectivity index (χ0n) is 13.3. The Bertz CT molecular complexity index is 433. The van der Waals surface area contributed by atoms with E-state index in [-0.39, 0.29) is 5.60 Å². The fourth-order valence-electron chi connectivity index (χ4n) is 2.86. The predicted molar refractivity (Wildman–Crippen MR) is 85.3 cm³/mol. The minimum atomic E-state index is -0.0170. The van der Waals surface area contributed by atoms with Gasteiger partial charge in [0.2, 0.25) is 0 Å². The molecule has 1 aromatic rings. The molecule has 0 aromatic heterocycles. The summed E-state index contributed by atoms with van der Waals surface area (Å²) in [5.74, 6) is 0. The van der Waals surface area contributed by atoms with Crippen molar-refractivity contribution in [2.45, 2.75) is 51.8 Å². The van der Waals surface area contributed by atoms with Crippen LogP contribution in [0.2, 0.25) is 0 Å². The van der Waals surface area contributed by atoms with Crippen molar-refractivity contribution in [2.24, 2.45) is 0 Å². The average molecular weight is 276 g/mol. The van der Waals surface area contributed by atoms with Gasteiger partial charge in [0.05, 0.1) is 5.60 Å². The summed E-state index contributed by atoms with van der Waals surface area (Å²) in [6.07, 6.45) is 2.34. The standard InChI is InChI=1S/C17H28N2O/c1-14(2)18-12-15-8-5-6-9-16(15)19-11-7-10-17(3,13-19)20-4/h5-6,8-9,14,18H,7,10-13H2,1-4H3. The smallest absolute Gasteiger partial charge is 0.0825 e. The van der Waals surface area contributed by atoms with Crippen LogP contribution in [0.5, 0.6) is 0 Å². The fraction of sp³-hybridized carbons (Fsp3) is 0.647. The number of nitrogens with zero attached hydrogens (tertiary/aromatic N) is 1. The number of anilines is 1. The van der Waals surface area contributed by atoms with Crippen LogP contribution >= 0.6 is 0 Å². The molecule has 3 nitrogen and oxygen atoms in total. The van der Waals surface area contributed by atoms with Gasteiger partial charge in [-0.1, -0.05) is 32.0 Å². The Morgan fingerprint density at radius 2 is 2.10 bits per heavy atom. The third-order valence-corrected chi connectivity index (χ3v) is 4.18. The lowest BCUT2D eigenvalue weighted by atomic mass is 9.94. The molecule has 0 saturated carbocycles. The van der Waals surface area contributed by atoms with Gasteiger partial charge in [0.15, 0.2) is 0 Å². The molecule has 3 heteroatoms. The van der Waals surface area contributed by atoms with Gasteiger partial charge in [-0.05, 0) is 31.4 Å². The van der Waals surface area contributed by atoms with Crippen molar-refractivity contribution in [3.63, 3.8) is 0 Å². The molecule has 0 bridgehead atoms. The van der Waals surface area contributed by atoms with Gasteiger partial charge in [-0.25, -0.2) is 0 Å². The van der Waals surface area contributed by atoms with Gasteiger partial charge in [0, 0.05) is 38.5 Å². The van der Waals surface area contributed by atoms with E-state index in [0.717, 1.165) is 26.1 Å². The van der Waals surface area contributed by atoms with Crippen molar-refractivity contribution in [1.82, 2.24) is 5.32 Å². The lowest BCUT2D eigenvalue weighted by Crippen LogP contribution is -2.47. The van der Waals surface area contributed by atoms with Gasteiger partial charge in [0.1, 0.15) is 0 Å². The summed E-state index contributed by atoms with van der Waals surface area (Å²) < 4.78 is 5.71. The molecular weight excluding hydrogens is 248 g/mol. The normalized spacial score (nSPS) is 23.4. The summed E-state index contributed by atoms with van der Waals surface area (Å²) in [5, 5.41) is 3.52. The van der Waals surface area contributed by atoms with E-state index in [1.54, 1.807) is 0 Å². The lowest BCUT2D eigenvalue weighted by Gasteiger charge is -2.41. The van der Waals surface area contributed by atoms with Crippen molar-refractivity contribution in [1.29, 1.82) is 0 Å².